The monoisotopic (exact) mass is 281 g/mol. The molecule has 0 spiro atoms. The number of fused-ring (bicyclic) bond motifs is 1. The second kappa shape index (κ2) is 6.57. The maximum atomic E-state index is 12.8. The Hall–Kier alpha value is -1.10. The predicted octanol–water partition coefficient (Wildman–Crippen LogP) is 1.03. The van der Waals surface area contributed by atoms with Crippen molar-refractivity contribution >= 4 is 11.8 Å². The molecular formula is C15H27N3O2. The lowest BCUT2D eigenvalue weighted by atomic mass is 9.98. The van der Waals surface area contributed by atoms with Crippen molar-refractivity contribution in [1.29, 1.82) is 0 Å². The van der Waals surface area contributed by atoms with E-state index >= 15 is 0 Å². The summed E-state index contributed by atoms with van der Waals surface area (Å²) >= 11 is 0. The molecule has 0 aromatic heterocycles. The van der Waals surface area contributed by atoms with E-state index in [-0.39, 0.29) is 36.0 Å². The zero-order valence-corrected chi connectivity index (χ0v) is 12.8. The fourth-order valence-corrected chi connectivity index (χ4v) is 3.51. The Bertz CT molecular complexity index is 370. The van der Waals surface area contributed by atoms with Gasteiger partial charge in [-0.15, -0.1) is 0 Å². The number of hydrogen-bond donors (Lipinski definition) is 2. The van der Waals surface area contributed by atoms with Crippen LogP contribution in [0, 0.1) is 0 Å². The highest BCUT2D eigenvalue weighted by molar-refractivity contribution is 5.90. The maximum Gasteiger partial charge on any atom is 0.242 e. The average molecular weight is 281 g/mol. The van der Waals surface area contributed by atoms with Crippen molar-refractivity contribution in [3.8, 4) is 0 Å². The van der Waals surface area contributed by atoms with Crippen molar-refractivity contribution in [1.82, 2.24) is 15.5 Å². The first kappa shape index (κ1) is 15.3. The maximum absolute atomic E-state index is 12.8. The van der Waals surface area contributed by atoms with E-state index in [0.29, 0.717) is 0 Å². The van der Waals surface area contributed by atoms with Crippen LogP contribution in [0.1, 0.15) is 52.4 Å². The van der Waals surface area contributed by atoms with Crippen LogP contribution in [-0.4, -0.2) is 47.9 Å². The van der Waals surface area contributed by atoms with Crippen LogP contribution in [0.25, 0.3) is 0 Å². The highest BCUT2D eigenvalue weighted by atomic mass is 16.2. The highest BCUT2D eigenvalue weighted by Gasteiger charge is 2.43. The standard InChI is InChI=1S/C15H27N3O2/c1-10(2)17-12-7-5-4-6-11-8-9-13(14(19)16-3)18(11)15(12)20/h10-13,17H,4-9H2,1-3H3,(H,16,19). The molecule has 0 radical (unpaired) electrons. The zero-order valence-electron chi connectivity index (χ0n) is 12.8. The van der Waals surface area contributed by atoms with E-state index in [1.165, 1.54) is 0 Å². The van der Waals surface area contributed by atoms with Gasteiger partial charge in [-0.1, -0.05) is 26.7 Å². The van der Waals surface area contributed by atoms with E-state index in [4.69, 9.17) is 0 Å². The van der Waals surface area contributed by atoms with Gasteiger partial charge in [0.2, 0.25) is 11.8 Å². The van der Waals surface area contributed by atoms with Gasteiger partial charge in [-0.25, -0.2) is 0 Å². The summed E-state index contributed by atoms with van der Waals surface area (Å²) in [6, 6.07) is 0.125. The van der Waals surface area contributed by atoms with Crippen LogP contribution in [0.4, 0.5) is 0 Å². The first-order valence-corrected chi connectivity index (χ1v) is 7.84. The van der Waals surface area contributed by atoms with Gasteiger partial charge >= 0.3 is 0 Å². The number of rotatable bonds is 3. The molecule has 0 aromatic carbocycles. The minimum absolute atomic E-state index is 0.0234. The highest BCUT2D eigenvalue weighted by Crippen LogP contribution is 2.31. The van der Waals surface area contributed by atoms with Crippen molar-refractivity contribution in [3.05, 3.63) is 0 Å². The van der Waals surface area contributed by atoms with Gasteiger partial charge in [-0.05, 0) is 25.7 Å². The summed E-state index contributed by atoms with van der Waals surface area (Å²) in [6.07, 6.45) is 5.90. The number of nitrogens with zero attached hydrogens (tertiary/aromatic N) is 1. The molecule has 2 rings (SSSR count). The van der Waals surface area contributed by atoms with Crippen molar-refractivity contribution in [2.45, 2.75) is 76.5 Å². The molecule has 0 aromatic rings. The van der Waals surface area contributed by atoms with Crippen LogP contribution in [-0.2, 0) is 9.59 Å². The molecule has 2 N–H and O–H groups in total. The van der Waals surface area contributed by atoms with Crippen LogP contribution in [0.15, 0.2) is 0 Å². The van der Waals surface area contributed by atoms with Gasteiger partial charge in [0.15, 0.2) is 0 Å². The molecule has 2 saturated heterocycles. The molecule has 0 saturated carbocycles. The molecule has 5 heteroatoms. The summed E-state index contributed by atoms with van der Waals surface area (Å²) in [5.41, 5.74) is 0. The van der Waals surface area contributed by atoms with Gasteiger partial charge in [-0.2, -0.15) is 0 Å². The van der Waals surface area contributed by atoms with Gasteiger partial charge in [-0.3, -0.25) is 9.59 Å². The Morgan fingerprint density at radius 2 is 1.90 bits per heavy atom. The quantitative estimate of drug-likeness (QED) is 0.812. The summed E-state index contributed by atoms with van der Waals surface area (Å²) < 4.78 is 0. The van der Waals surface area contributed by atoms with E-state index in [1.807, 2.05) is 4.90 Å². The van der Waals surface area contributed by atoms with E-state index in [9.17, 15) is 9.59 Å². The van der Waals surface area contributed by atoms with Crippen LogP contribution < -0.4 is 10.6 Å². The molecule has 0 aliphatic carbocycles. The van der Waals surface area contributed by atoms with Crippen LogP contribution in [0.2, 0.25) is 0 Å². The topological polar surface area (TPSA) is 61.4 Å². The van der Waals surface area contributed by atoms with Crippen LogP contribution in [0.3, 0.4) is 0 Å². The third-order valence-electron chi connectivity index (χ3n) is 4.42. The zero-order chi connectivity index (χ0) is 14.7. The molecule has 2 heterocycles. The van der Waals surface area contributed by atoms with Gasteiger partial charge in [0.05, 0.1) is 6.04 Å². The largest absolute Gasteiger partial charge is 0.357 e. The number of hydrogen-bond acceptors (Lipinski definition) is 3. The Labute approximate surface area is 121 Å². The second-order valence-electron chi connectivity index (χ2n) is 6.27. The molecule has 0 bridgehead atoms. The lowest BCUT2D eigenvalue weighted by Gasteiger charge is -2.35. The fraction of sp³-hybridized carbons (Fsp3) is 0.867. The molecule has 5 nitrogen and oxygen atoms in total. The predicted molar refractivity (Wildman–Crippen MR) is 78.3 cm³/mol. The SMILES string of the molecule is CNC(=O)C1CCC2CCCCC(NC(C)C)C(=O)N21. The molecular weight excluding hydrogens is 254 g/mol. The van der Waals surface area contributed by atoms with Gasteiger partial charge in [0.1, 0.15) is 6.04 Å². The molecule has 114 valence electrons. The van der Waals surface area contributed by atoms with Gasteiger partial charge in [0, 0.05) is 19.1 Å². The lowest BCUT2D eigenvalue weighted by Crippen LogP contribution is -2.56. The number of carbonyl (C=O) groups is 2. The van der Waals surface area contributed by atoms with Gasteiger partial charge in [0.25, 0.3) is 0 Å². The number of nitrogens with one attached hydrogen (secondary N) is 2. The summed E-state index contributed by atoms with van der Waals surface area (Å²) in [5.74, 6) is 0.0965. The molecule has 2 fully saturated rings. The number of carbonyl (C=O) groups excluding carboxylic acids is 2. The van der Waals surface area contributed by atoms with E-state index in [0.717, 1.165) is 38.5 Å². The Morgan fingerprint density at radius 3 is 2.55 bits per heavy atom. The van der Waals surface area contributed by atoms with Gasteiger partial charge < -0.3 is 15.5 Å². The average Bonchev–Trinajstić information content (AvgIpc) is 2.81. The van der Waals surface area contributed by atoms with E-state index in [1.54, 1.807) is 7.05 Å². The molecule has 20 heavy (non-hydrogen) atoms. The van der Waals surface area contributed by atoms with E-state index < -0.39 is 0 Å². The Morgan fingerprint density at radius 1 is 1.20 bits per heavy atom. The van der Waals surface area contributed by atoms with Crippen molar-refractivity contribution in [3.63, 3.8) is 0 Å². The van der Waals surface area contributed by atoms with Crippen molar-refractivity contribution in [2.24, 2.45) is 0 Å². The Balaban J connectivity index is 2.18. The lowest BCUT2D eigenvalue weighted by molar-refractivity contribution is -0.142. The summed E-state index contributed by atoms with van der Waals surface area (Å²) in [6.45, 7) is 4.12. The van der Waals surface area contributed by atoms with E-state index in [2.05, 4.69) is 24.5 Å². The van der Waals surface area contributed by atoms with Crippen molar-refractivity contribution < 1.29 is 9.59 Å². The third kappa shape index (κ3) is 3.14. The summed E-state index contributed by atoms with van der Waals surface area (Å²) in [4.78, 5) is 26.7. The minimum atomic E-state index is -0.271. The summed E-state index contributed by atoms with van der Waals surface area (Å²) in [7, 11) is 1.65. The smallest absolute Gasteiger partial charge is 0.242 e. The molecule has 3 unspecified atom stereocenters. The molecule has 2 aliphatic rings. The first-order valence-electron chi connectivity index (χ1n) is 7.84. The van der Waals surface area contributed by atoms with Crippen molar-refractivity contribution in [2.75, 3.05) is 7.05 Å². The second-order valence-corrected chi connectivity index (χ2v) is 6.27. The third-order valence-corrected chi connectivity index (χ3v) is 4.42. The van der Waals surface area contributed by atoms with Crippen LogP contribution >= 0.6 is 0 Å². The summed E-state index contributed by atoms with van der Waals surface area (Å²) in [5, 5.41) is 6.07. The molecule has 3 atom stereocenters. The Kier molecular flexibility index (Phi) is 5.02. The fourth-order valence-electron chi connectivity index (χ4n) is 3.51. The van der Waals surface area contributed by atoms with Crippen LogP contribution in [0.5, 0.6) is 0 Å². The molecule has 2 aliphatic heterocycles. The number of likely N-dealkylation sites (N-methyl/N-ethyl adjacent to an activating group) is 1. The number of amides is 2. The normalized spacial score (nSPS) is 30.9. The minimum Gasteiger partial charge on any atom is -0.357 e. The molecule has 2 amide bonds. The first-order chi connectivity index (χ1) is 9.54.